The maximum absolute atomic E-state index is 14.4. The number of hydrogen-bond donors (Lipinski definition) is 1. The number of halogens is 3. The monoisotopic (exact) mass is 414 g/mol. The van der Waals surface area contributed by atoms with Crippen molar-refractivity contribution in [2.75, 3.05) is 6.54 Å². The van der Waals surface area contributed by atoms with Crippen LogP contribution < -0.4 is 5.32 Å². The highest BCUT2D eigenvalue weighted by molar-refractivity contribution is 6.35. The number of benzene rings is 2. The van der Waals surface area contributed by atoms with Crippen LogP contribution in [-0.2, 0) is 0 Å². The highest BCUT2D eigenvalue weighted by Crippen LogP contribution is 2.29. The van der Waals surface area contributed by atoms with E-state index < -0.39 is 23.3 Å². The van der Waals surface area contributed by atoms with E-state index in [1.165, 1.54) is 42.6 Å². The van der Waals surface area contributed by atoms with E-state index >= 15 is 0 Å². The number of amides is 1. The van der Waals surface area contributed by atoms with E-state index in [0.717, 1.165) is 6.07 Å². The van der Waals surface area contributed by atoms with Crippen molar-refractivity contribution in [1.29, 1.82) is 0 Å². The van der Waals surface area contributed by atoms with Gasteiger partial charge in [-0.15, -0.1) is 0 Å². The first-order valence-corrected chi connectivity index (χ1v) is 9.24. The maximum Gasteiger partial charge on any atom is 0.251 e. The van der Waals surface area contributed by atoms with E-state index in [-0.39, 0.29) is 21.7 Å². The summed E-state index contributed by atoms with van der Waals surface area (Å²) in [5.41, 5.74) is 1.60. The molecule has 1 heterocycles. The number of aromatic nitrogens is 1. The molecule has 3 aromatic rings. The topological polar surface area (TPSA) is 59.1 Å². The molecule has 1 amide bonds. The standard InChI is InChI=1S/C22H17ClF2N2O2/c1-3-26-22(29)14-8-16(12(2)19(25)9-14)20-10-18(23)17(11-27-20)21(28)13-4-6-15(24)7-5-13/h4-11H,3H2,1-2H3,(H,26,29). The predicted octanol–water partition coefficient (Wildman–Crippen LogP) is 4.97. The normalized spacial score (nSPS) is 10.7. The van der Waals surface area contributed by atoms with Gasteiger partial charge in [0.2, 0.25) is 0 Å². The van der Waals surface area contributed by atoms with Crippen LogP contribution in [0, 0.1) is 18.6 Å². The molecule has 0 unspecified atom stereocenters. The summed E-state index contributed by atoms with van der Waals surface area (Å²) in [5.74, 6) is -1.81. The van der Waals surface area contributed by atoms with Gasteiger partial charge in [0.1, 0.15) is 11.6 Å². The molecule has 0 saturated heterocycles. The van der Waals surface area contributed by atoms with Crippen LogP contribution in [0.2, 0.25) is 5.02 Å². The molecular weight excluding hydrogens is 398 g/mol. The van der Waals surface area contributed by atoms with Crippen LogP contribution >= 0.6 is 11.6 Å². The van der Waals surface area contributed by atoms with Gasteiger partial charge in [-0.2, -0.15) is 0 Å². The molecule has 1 N–H and O–H groups in total. The summed E-state index contributed by atoms with van der Waals surface area (Å²) in [6.07, 6.45) is 1.29. The fraction of sp³-hybridized carbons (Fsp3) is 0.136. The van der Waals surface area contributed by atoms with E-state index in [9.17, 15) is 18.4 Å². The van der Waals surface area contributed by atoms with Gasteiger partial charge in [0.05, 0.1) is 16.3 Å². The van der Waals surface area contributed by atoms with Crippen molar-refractivity contribution in [2.45, 2.75) is 13.8 Å². The third-order valence-corrected chi connectivity index (χ3v) is 4.74. The van der Waals surface area contributed by atoms with Gasteiger partial charge in [-0.3, -0.25) is 14.6 Å². The van der Waals surface area contributed by atoms with Crippen LogP contribution in [0.1, 0.15) is 38.8 Å². The predicted molar refractivity (Wildman–Crippen MR) is 107 cm³/mol. The molecule has 2 aromatic carbocycles. The van der Waals surface area contributed by atoms with Crippen molar-refractivity contribution >= 4 is 23.3 Å². The number of rotatable bonds is 5. The van der Waals surface area contributed by atoms with Crippen LogP contribution in [-0.4, -0.2) is 23.2 Å². The lowest BCUT2D eigenvalue weighted by Gasteiger charge is -2.11. The zero-order chi connectivity index (χ0) is 21.1. The summed E-state index contributed by atoms with van der Waals surface area (Å²) < 4.78 is 27.4. The Bertz CT molecular complexity index is 1100. The average molecular weight is 415 g/mol. The number of nitrogens with one attached hydrogen (secondary N) is 1. The molecule has 1 aromatic heterocycles. The van der Waals surface area contributed by atoms with E-state index in [2.05, 4.69) is 10.3 Å². The summed E-state index contributed by atoms with van der Waals surface area (Å²) in [7, 11) is 0. The lowest BCUT2D eigenvalue weighted by Crippen LogP contribution is -2.23. The summed E-state index contributed by atoms with van der Waals surface area (Å²) in [5, 5.41) is 2.74. The molecule has 0 aliphatic rings. The van der Waals surface area contributed by atoms with Crippen LogP contribution in [0.3, 0.4) is 0 Å². The third-order valence-electron chi connectivity index (χ3n) is 4.42. The van der Waals surface area contributed by atoms with Gasteiger partial charge < -0.3 is 5.32 Å². The molecule has 0 radical (unpaired) electrons. The molecule has 0 saturated carbocycles. The molecular formula is C22H17ClF2N2O2. The minimum Gasteiger partial charge on any atom is -0.352 e. The highest BCUT2D eigenvalue weighted by atomic mass is 35.5. The Hall–Kier alpha value is -3.12. The first-order valence-electron chi connectivity index (χ1n) is 8.86. The van der Waals surface area contributed by atoms with E-state index in [0.29, 0.717) is 23.4 Å². The van der Waals surface area contributed by atoms with Gasteiger partial charge in [-0.25, -0.2) is 8.78 Å². The van der Waals surface area contributed by atoms with Crippen molar-refractivity contribution in [1.82, 2.24) is 10.3 Å². The molecule has 4 nitrogen and oxygen atoms in total. The van der Waals surface area contributed by atoms with Crippen LogP contribution in [0.15, 0.2) is 48.7 Å². The van der Waals surface area contributed by atoms with Gasteiger partial charge >= 0.3 is 0 Å². The summed E-state index contributed by atoms with van der Waals surface area (Å²) >= 11 is 6.29. The molecule has 7 heteroatoms. The second kappa shape index (κ2) is 8.49. The van der Waals surface area contributed by atoms with Crippen molar-refractivity contribution in [3.8, 4) is 11.3 Å². The fourth-order valence-corrected chi connectivity index (χ4v) is 3.08. The van der Waals surface area contributed by atoms with Gasteiger partial charge in [0.25, 0.3) is 5.91 Å². The average Bonchev–Trinajstić information content (AvgIpc) is 2.70. The molecule has 0 bridgehead atoms. The summed E-state index contributed by atoms with van der Waals surface area (Å²) in [4.78, 5) is 28.9. The van der Waals surface area contributed by atoms with Gasteiger partial charge in [-0.05, 0) is 61.9 Å². The van der Waals surface area contributed by atoms with Crippen LogP contribution in [0.25, 0.3) is 11.3 Å². The quantitative estimate of drug-likeness (QED) is 0.600. The number of carbonyl (C=O) groups excluding carboxylic acids is 2. The summed E-state index contributed by atoms with van der Waals surface area (Å²) in [6, 6.07) is 9.22. The smallest absolute Gasteiger partial charge is 0.251 e. The second-order valence-corrected chi connectivity index (χ2v) is 6.78. The minimum absolute atomic E-state index is 0.118. The molecule has 148 valence electrons. The van der Waals surface area contributed by atoms with E-state index in [4.69, 9.17) is 11.6 Å². The van der Waals surface area contributed by atoms with Crippen molar-refractivity contribution < 1.29 is 18.4 Å². The van der Waals surface area contributed by atoms with Gasteiger partial charge in [-0.1, -0.05) is 11.6 Å². The third kappa shape index (κ3) is 4.32. The first-order chi connectivity index (χ1) is 13.8. The second-order valence-electron chi connectivity index (χ2n) is 6.38. The Morgan fingerprint density at radius 3 is 2.38 bits per heavy atom. The number of pyridine rings is 1. The molecule has 0 spiro atoms. The van der Waals surface area contributed by atoms with Gasteiger partial charge in [0, 0.05) is 29.4 Å². The molecule has 0 aliphatic carbocycles. The van der Waals surface area contributed by atoms with Crippen molar-refractivity contribution in [3.63, 3.8) is 0 Å². The molecule has 3 rings (SSSR count). The number of hydrogen-bond acceptors (Lipinski definition) is 3. The first kappa shape index (κ1) is 20.6. The Labute approximate surface area is 171 Å². The Morgan fingerprint density at radius 1 is 1.07 bits per heavy atom. The zero-order valence-electron chi connectivity index (χ0n) is 15.7. The maximum atomic E-state index is 14.4. The lowest BCUT2D eigenvalue weighted by molar-refractivity contribution is 0.0954. The largest absolute Gasteiger partial charge is 0.352 e. The van der Waals surface area contributed by atoms with Crippen LogP contribution in [0.5, 0.6) is 0 Å². The summed E-state index contributed by atoms with van der Waals surface area (Å²) in [6.45, 7) is 3.74. The van der Waals surface area contributed by atoms with Crippen molar-refractivity contribution in [2.24, 2.45) is 0 Å². The molecule has 0 atom stereocenters. The Balaban J connectivity index is 2.01. The van der Waals surface area contributed by atoms with Gasteiger partial charge in [0.15, 0.2) is 5.78 Å². The number of carbonyl (C=O) groups is 2. The fourth-order valence-electron chi connectivity index (χ4n) is 2.84. The zero-order valence-corrected chi connectivity index (χ0v) is 16.5. The van der Waals surface area contributed by atoms with Crippen molar-refractivity contribution in [3.05, 3.63) is 87.6 Å². The van der Waals surface area contributed by atoms with E-state index in [1.807, 2.05) is 0 Å². The number of nitrogens with zero attached hydrogens (tertiary/aromatic N) is 1. The molecule has 29 heavy (non-hydrogen) atoms. The van der Waals surface area contributed by atoms with E-state index in [1.54, 1.807) is 13.8 Å². The Kier molecular flexibility index (Phi) is 6.03. The number of ketones is 1. The molecule has 0 aliphatic heterocycles. The Morgan fingerprint density at radius 2 is 1.76 bits per heavy atom. The van der Waals surface area contributed by atoms with Crippen LogP contribution in [0.4, 0.5) is 8.78 Å². The lowest BCUT2D eigenvalue weighted by atomic mass is 9.99. The highest BCUT2D eigenvalue weighted by Gasteiger charge is 2.18. The minimum atomic E-state index is -0.548. The SMILES string of the molecule is CCNC(=O)c1cc(F)c(C)c(-c2cc(Cl)c(C(=O)c3ccc(F)cc3)cn2)c1. The molecule has 0 fully saturated rings.